The smallest absolute Gasteiger partial charge is 0.318 e. The Kier molecular flexibility index (Phi) is 3.80. The summed E-state index contributed by atoms with van der Waals surface area (Å²) in [6.07, 6.45) is 3.34. The van der Waals surface area contributed by atoms with Gasteiger partial charge in [-0.05, 0) is 24.3 Å². The van der Waals surface area contributed by atoms with Crippen LogP contribution >= 0.6 is 0 Å². The van der Waals surface area contributed by atoms with Crippen LogP contribution in [0.3, 0.4) is 0 Å². The molecule has 0 aliphatic carbocycles. The van der Waals surface area contributed by atoms with E-state index in [-0.39, 0.29) is 11.7 Å². The van der Waals surface area contributed by atoms with Gasteiger partial charge in [0.15, 0.2) is 5.65 Å². The van der Waals surface area contributed by atoms with Crippen LogP contribution in [0.25, 0.3) is 16.7 Å². The summed E-state index contributed by atoms with van der Waals surface area (Å²) >= 11 is 0. The molecule has 2 heterocycles. The number of fused-ring (bicyclic) bond motifs is 1. The molecule has 7 nitrogen and oxygen atoms in total. The molecule has 23 heavy (non-hydrogen) atoms. The number of amides is 2. The molecule has 3 aromatic rings. The quantitative estimate of drug-likeness (QED) is 0.693. The number of hydrogen-bond acceptors (Lipinski definition) is 4. The van der Waals surface area contributed by atoms with E-state index in [0.717, 1.165) is 11.1 Å². The third-order valence-electron chi connectivity index (χ3n) is 3.33. The van der Waals surface area contributed by atoms with E-state index in [1.807, 2.05) is 6.07 Å². The van der Waals surface area contributed by atoms with Crippen molar-refractivity contribution in [3.05, 3.63) is 42.5 Å². The Labute approximate surface area is 131 Å². The summed E-state index contributed by atoms with van der Waals surface area (Å²) in [5, 5.41) is 13.1. The van der Waals surface area contributed by atoms with Crippen molar-refractivity contribution in [2.45, 2.75) is 0 Å². The molecule has 0 saturated carbocycles. The zero-order valence-electron chi connectivity index (χ0n) is 12.6. The normalized spacial score (nSPS) is 10.6. The molecule has 0 bridgehead atoms. The highest BCUT2D eigenvalue weighted by Gasteiger charge is 2.11. The monoisotopic (exact) mass is 314 g/mol. The number of aromatic nitrogens is 3. The number of anilines is 2. The third kappa shape index (κ3) is 2.91. The number of pyridine rings is 1. The van der Waals surface area contributed by atoms with Crippen molar-refractivity contribution >= 4 is 28.4 Å². The Bertz CT molecular complexity index is 876. The first-order valence-corrected chi connectivity index (χ1v) is 6.92. The van der Waals surface area contributed by atoms with Gasteiger partial charge in [-0.25, -0.2) is 18.9 Å². The van der Waals surface area contributed by atoms with Crippen LogP contribution in [0, 0.1) is 5.82 Å². The van der Waals surface area contributed by atoms with Crippen LogP contribution in [0.2, 0.25) is 0 Å². The fourth-order valence-electron chi connectivity index (χ4n) is 2.14. The fourth-order valence-corrected chi connectivity index (χ4v) is 2.14. The predicted molar refractivity (Wildman–Crippen MR) is 86.4 cm³/mol. The minimum atomic E-state index is -0.450. The standard InChI is InChI=1S/C15H15FN6O/c1-17-11-5-9-8-22(21-14(9)19-7-11)13-6-10(3-4-12(13)16)20-15(23)18-2/h3-8,17H,1-2H3,(H2,18,20,23). The van der Waals surface area contributed by atoms with E-state index in [9.17, 15) is 9.18 Å². The van der Waals surface area contributed by atoms with Crippen molar-refractivity contribution in [3.8, 4) is 5.69 Å². The number of nitrogens with one attached hydrogen (secondary N) is 3. The molecule has 1 aromatic carbocycles. The van der Waals surface area contributed by atoms with Crippen molar-refractivity contribution < 1.29 is 9.18 Å². The number of rotatable bonds is 3. The van der Waals surface area contributed by atoms with Gasteiger partial charge in [-0.15, -0.1) is 5.10 Å². The van der Waals surface area contributed by atoms with Crippen LogP contribution in [-0.4, -0.2) is 34.9 Å². The summed E-state index contributed by atoms with van der Waals surface area (Å²) < 4.78 is 15.5. The molecule has 0 unspecified atom stereocenters. The Balaban J connectivity index is 2.03. The van der Waals surface area contributed by atoms with Gasteiger partial charge in [-0.1, -0.05) is 0 Å². The topological polar surface area (TPSA) is 83.9 Å². The van der Waals surface area contributed by atoms with E-state index in [2.05, 4.69) is 26.0 Å². The first-order valence-electron chi connectivity index (χ1n) is 6.92. The van der Waals surface area contributed by atoms with E-state index in [0.29, 0.717) is 11.3 Å². The van der Waals surface area contributed by atoms with Gasteiger partial charge in [-0.3, -0.25) is 0 Å². The van der Waals surface area contributed by atoms with Crippen molar-refractivity contribution in [2.24, 2.45) is 0 Å². The van der Waals surface area contributed by atoms with E-state index in [1.54, 1.807) is 19.4 Å². The first-order chi connectivity index (χ1) is 11.1. The molecule has 0 aliphatic rings. The number of halogens is 1. The van der Waals surface area contributed by atoms with Gasteiger partial charge in [0.05, 0.1) is 11.9 Å². The van der Waals surface area contributed by atoms with Crippen molar-refractivity contribution in [1.29, 1.82) is 0 Å². The maximum atomic E-state index is 14.1. The van der Waals surface area contributed by atoms with Crippen LogP contribution in [0.5, 0.6) is 0 Å². The average Bonchev–Trinajstić information content (AvgIpc) is 2.99. The molecular formula is C15H15FN6O. The second-order valence-electron chi connectivity index (χ2n) is 4.83. The molecule has 3 rings (SSSR count). The second kappa shape index (κ2) is 5.91. The highest BCUT2D eigenvalue weighted by Crippen LogP contribution is 2.22. The molecule has 3 N–H and O–H groups in total. The molecule has 2 amide bonds. The molecule has 0 aliphatic heterocycles. The fraction of sp³-hybridized carbons (Fsp3) is 0.133. The Morgan fingerprint density at radius 2 is 2.04 bits per heavy atom. The second-order valence-corrected chi connectivity index (χ2v) is 4.83. The highest BCUT2D eigenvalue weighted by atomic mass is 19.1. The van der Waals surface area contributed by atoms with Gasteiger partial charge in [-0.2, -0.15) is 0 Å². The van der Waals surface area contributed by atoms with Gasteiger partial charge in [0.1, 0.15) is 11.5 Å². The zero-order valence-corrected chi connectivity index (χ0v) is 12.6. The van der Waals surface area contributed by atoms with Gasteiger partial charge < -0.3 is 16.0 Å². The summed E-state index contributed by atoms with van der Waals surface area (Å²) in [6, 6.07) is 5.76. The van der Waals surface area contributed by atoms with Crippen molar-refractivity contribution in [3.63, 3.8) is 0 Å². The Hall–Kier alpha value is -3.16. The van der Waals surface area contributed by atoms with E-state index in [4.69, 9.17) is 0 Å². The molecule has 0 atom stereocenters. The molecule has 0 fully saturated rings. The number of carbonyl (C=O) groups is 1. The van der Waals surface area contributed by atoms with Crippen LogP contribution in [0.15, 0.2) is 36.7 Å². The van der Waals surface area contributed by atoms with Gasteiger partial charge >= 0.3 is 6.03 Å². The minimum Gasteiger partial charge on any atom is -0.387 e. The molecule has 0 radical (unpaired) electrons. The van der Waals surface area contributed by atoms with E-state index in [1.165, 1.54) is 29.9 Å². The summed E-state index contributed by atoms with van der Waals surface area (Å²) in [7, 11) is 3.30. The molecule has 8 heteroatoms. The molecular weight excluding hydrogens is 299 g/mol. The first kappa shape index (κ1) is 14.8. The molecule has 118 valence electrons. The number of nitrogens with zero attached hydrogens (tertiary/aromatic N) is 3. The van der Waals surface area contributed by atoms with E-state index < -0.39 is 5.82 Å². The van der Waals surface area contributed by atoms with Crippen LogP contribution < -0.4 is 16.0 Å². The van der Waals surface area contributed by atoms with E-state index >= 15 is 0 Å². The average molecular weight is 314 g/mol. The largest absolute Gasteiger partial charge is 0.387 e. The lowest BCUT2D eigenvalue weighted by Crippen LogP contribution is -2.24. The zero-order chi connectivity index (χ0) is 16.4. The Morgan fingerprint density at radius 3 is 2.78 bits per heavy atom. The molecule has 0 saturated heterocycles. The van der Waals surface area contributed by atoms with Crippen LogP contribution in [0.1, 0.15) is 0 Å². The number of hydrogen-bond donors (Lipinski definition) is 3. The summed E-state index contributed by atoms with van der Waals surface area (Å²) in [5.74, 6) is -0.450. The van der Waals surface area contributed by atoms with Crippen LogP contribution in [-0.2, 0) is 0 Å². The van der Waals surface area contributed by atoms with Crippen molar-refractivity contribution in [1.82, 2.24) is 20.1 Å². The maximum absolute atomic E-state index is 14.1. The van der Waals surface area contributed by atoms with Crippen LogP contribution in [0.4, 0.5) is 20.6 Å². The highest BCUT2D eigenvalue weighted by molar-refractivity contribution is 5.89. The SMILES string of the molecule is CNC(=O)Nc1ccc(F)c(-n2cc3cc(NC)cnc3n2)c1. The Morgan fingerprint density at radius 1 is 1.22 bits per heavy atom. The summed E-state index contributed by atoms with van der Waals surface area (Å²) in [5.41, 5.74) is 2.03. The van der Waals surface area contributed by atoms with Crippen molar-refractivity contribution in [2.75, 3.05) is 24.7 Å². The lowest BCUT2D eigenvalue weighted by Gasteiger charge is -2.08. The molecule has 0 spiro atoms. The summed E-state index contributed by atoms with van der Waals surface area (Å²) in [4.78, 5) is 15.6. The van der Waals surface area contributed by atoms with Gasteiger partial charge in [0, 0.05) is 31.4 Å². The lowest BCUT2D eigenvalue weighted by molar-refractivity contribution is 0.254. The van der Waals surface area contributed by atoms with Gasteiger partial charge in [0.25, 0.3) is 0 Å². The predicted octanol–water partition coefficient (Wildman–Crippen LogP) is 2.35. The number of urea groups is 1. The lowest BCUT2D eigenvalue weighted by atomic mass is 10.2. The number of benzene rings is 1. The maximum Gasteiger partial charge on any atom is 0.318 e. The minimum absolute atomic E-state index is 0.225. The summed E-state index contributed by atoms with van der Waals surface area (Å²) in [6.45, 7) is 0. The third-order valence-corrected chi connectivity index (χ3v) is 3.33. The molecule has 2 aromatic heterocycles. The number of carbonyl (C=O) groups excluding carboxylic acids is 1. The van der Waals surface area contributed by atoms with Gasteiger partial charge in [0.2, 0.25) is 0 Å².